The maximum absolute atomic E-state index is 13.4. The standard InChI is InChI=1S/C29H28FN3O3/c1-29(2,3)20-11-8-19(9-12-20)10-17-27(35)33-24-7-5-4-6-23(24)32-28(36)25(33)18-26(34)31-22-15-13-21(30)14-16-22/h4-17,25H,18H2,1-3H3,(H,31,34)(H,32,36)/b17-10+/t25-/m1/s1. The van der Waals surface area contributed by atoms with Crippen LogP contribution in [0.4, 0.5) is 21.5 Å². The maximum Gasteiger partial charge on any atom is 0.251 e. The molecular weight excluding hydrogens is 457 g/mol. The number of anilines is 3. The minimum atomic E-state index is -1.05. The van der Waals surface area contributed by atoms with Crippen LogP contribution in [0.25, 0.3) is 6.08 Å². The van der Waals surface area contributed by atoms with Crippen molar-refractivity contribution in [2.24, 2.45) is 0 Å². The van der Waals surface area contributed by atoms with Crippen LogP contribution in [0.1, 0.15) is 38.3 Å². The summed E-state index contributed by atoms with van der Waals surface area (Å²) in [6.45, 7) is 6.39. The van der Waals surface area contributed by atoms with E-state index in [1.54, 1.807) is 30.3 Å². The molecule has 0 bridgehead atoms. The number of hydrogen-bond donors (Lipinski definition) is 2. The van der Waals surface area contributed by atoms with Crippen LogP contribution in [0.15, 0.2) is 78.9 Å². The highest BCUT2D eigenvalue weighted by molar-refractivity contribution is 6.16. The highest BCUT2D eigenvalue weighted by atomic mass is 19.1. The number of benzene rings is 3. The van der Waals surface area contributed by atoms with Crippen LogP contribution < -0.4 is 15.5 Å². The van der Waals surface area contributed by atoms with E-state index in [4.69, 9.17) is 0 Å². The summed E-state index contributed by atoms with van der Waals surface area (Å²) in [5.41, 5.74) is 3.44. The average Bonchev–Trinajstić information content (AvgIpc) is 2.84. The van der Waals surface area contributed by atoms with Gasteiger partial charge in [0.05, 0.1) is 17.8 Å². The number of rotatable bonds is 5. The summed E-state index contributed by atoms with van der Waals surface area (Å²) >= 11 is 0. The number of nitrogens with zero attached hydrogens (tertiary/aromatic N) is 1. The molecule has 3 aromatic rings. The number of nitrogens with one attached hydrogen (secondary N) is 2. The summed E-state index contributed by atoms with van der Waals surface area (Å²) in [6, 6.07) is 19.1. The van der Waals surface area contributed by atoms with Crippen LogP contribution in [0.3, 0.4) is 0 Å². The number of carbonyl (C=O) groups excluding carboxylic acids is 3. The number of carbonyl (C=O) groups is 3. The number of hydrogen-bond acceptors (Lipinski definition) is 3. The number of fused-ring (bicyclic) bond motifs is 1. The van der Waals surface area contributed by atoms with Crippen molar-refractivity contribution in [1.82, 2.24) is 0 Å². The van der Waals surface area contributed by atoms with Crippen molar-refractivity contribution in [1.29, 1.82) is 0 Å². The molecule has 7 heteroatoms. The Morgan fingerprint density at radius 2 is 1.67 bits per heavy atom. The van der Waals surface area contributed by atoms with Crippen LogP contribution in [0.2, 0.25) is 0 Å². The Morgan fingerprint density at radius 3 is 2.33 bits per heavy atom. The van der Waals surface area contributed by atoms with E-state index in [9.17, 15) is 18.8 Å². The highest BCUT2D eigenvalue weighted by Crippen LogP contribution is 2.33. The molecule has 1 atom stereocenters. The van der Waals surface area contributed by atoms with Gasteiger partial charge in [0.25, 0.3) is 5.91 Å². The molecule has 0 fully saturated rings. The summed E-state index contributed by atoms with van der Waals surface area (Å²) in [5, 5.41) is 5.43. The van der Waals surface area contributed by atoms with Crippen molar-refractivity contribution in [3.8, 4) is 0 Å². The van der Waals surface area contributed by atoms with Gasteiger partial charge in [-0.25, -0.2) is 4.39 Å². The zero-order valence-electron chi connectivity index (χ0n) is 20.4. The molecule has 36 heavy (non-hydrogen) atoms. The molecule has 0 saturated heterocycles. The van der Waals surface area contributed by atoms with Gasteiger partial charge >= 0.3 is 0 Å². The smallest absolute Gasteiger partial charge is 0.251 e. The first-order valence-corrected chi connectivity index (χ1v) is 11.7. The van der Waals surface area contributed by atoms with E-state index in [-0.39, 0.29) is 11.8 Å². The molecule has 0 radical (unpaired) electrons. The van der Waals surface area contributed by atoms with E-state index in [1.807, 2.05) is 24.3 Å². The molecule has 1 aliphatic rings. The Morgan fingerprint density at radius 1 is 1.00 bits per heavy atom. The summed E-state index contributed by atoms with van der Waals surface area (Å²) in [6.07, 6.45) is 2.84. The minimum absolute atomic E-state index is 0.0185. The molecule has 1 aliphatic heterocycles. The van der Waals surface area contributed by atoms with Crippen molar-refractivity contribution >= 4 is 40.9 Å². The first-order chi connectivity index (χ1) is 17.1. The SMILES string of the molecule is CC(C)(C)c1ccc(/C=C/C(=O)N2c3ccccc3NC(=O)[C@H]2CC(=O)Nc2ccc(F)cc2)cc1. The lowest BCUT2D eigenvalue weighted by atomic mass is 9.87. The fourth-order valence-corrected chi connectivity index (χ4v) is 4.01. The normalized spacial score (nSPS) is 15.4. The molecule has 0 saturated carbocycles. The van der Waals surface area contributed by atoms with E-state index in [2.05, 4.69) is 31.4 Å². The lowest BCUT2D eigenvalue weighted by molar-refractivity contribution is -0.124. The average molecular weight is 486 g/mol. The van der Waals surface area contributed by atoms with E-state index in [0.29, 0.717) is 17.1 Å². The van der Waals surface area contributed by atoms with E-state index in [0.717, 1.165) is 5.56 Å². The van der Waals surface area contributed by atoms with Gasteiger partial charge in [-0.05, 0) is 59.0 Å². The summed E-state index contributed by atoms with van der Waals surface area (Å²) in [5.74, 6) is -1.77. The Balaban J connectivity index is 1.57. The molecule has 0 unspecified atom stereocenters. The predicted molar refractivity (Wildman–Crippen MR) is 140 cm³/mol. The van der Waals surface area contributed by atoms with Gasteiger partial charge in [0.1, 0.15) is 11.9 Å². The fraction of sp³-hybridized carbons (Fsp3) is 0.207. The summed E-state index contributed by atoms with van der Waals surface area (Å²) in [7, 11) is 0. The summed E-state index contributed by atoms with van der Waals surface area (Å²) < 4.78 is 13.2. The largest absolute Gasteiger partial charge is 0.326 e. The van der Waals surface area contributed by atoms with Crippen molar-refractivity contribution < 1.29 is 18.8 Å². The molecule has 6 nitrogen and oxygen atoms in total. The van der Waals surface area contributed by atoms with Crippen LogP contribution >= 0.6 is 0 Å². The predicted octanol–water partition coefficient (Wildman–Crippen LogP) is 5.52. The molecule has 1 heterocycles. The molecule has 184 valence electrons. The molecule has 0 aliphatic carbocycles. The number of amides is 3. The van der Waals surface area contributed by atoms with Gasteiger partial charge in [-0.1, -0.05) is 57.2 Å². The third kappa shape index (κ3) is 5.68. The van der Waals surface area contributed by atoms with Gasteiger partial charge < -0.3 is 10.6 Å². The fourth-order valence-electron chi connectivity index (χ4n) is 4.01. The second-order valence-electron chi connectivity index (χ2n) is 9.69. The van der Waals surface area contributed by atoms with Crippen molar-refractivity contribution in [2.75, 3.05) is 15.5 Å². The van der Waals surface area contributed by atoms with Crippen molar-refractivity contribution in [2.45, 2.75) is 38.6 Å². The van der Waals surface area contributed by atoms with Gasteiger partial charge in [0.2, 0.25) is 11.8 Å². The molecule has 3 aromatic carbocycles. The zero-order chi connectivity index (χ0) is 25.9. The topological polar surface area (TPSA) is 78.5 Å². The van der Waals surface area contributed by atoms with Gasteiger partial charge in [-0.2, -0.15) is 0 Å². The molecular formula is C29H28FN3O3. The Hall–Kier alpha value is -4.26. The molecule has 4 rings (SSSR count). The van der Waals surface area contributed by atoms with Crippen LogP contribution in [-0.2, 0) is 19.8 Å². The third-order valence-electron chi connectivity index (χ3n) is 5.98. The zero-order valence-corrected chi connectivity index (χ0v) is 20.4. The van der Waals surface area contributed by atoms with Gasteiger partial charge in [0.15, 0.2) is 0 Å². The van der Waals surface area contributed by atoms with E-state index < -0.39 is 29.6 Å². The van der Waals surface area contributed by atoms with Gasteiger partial charge in [-0.3, -0.25) is 19.3 Å². The van der Waals surface area contributed by atoms with E-state index in [1.165, 1.54) is 40.8 Å². The number of halogens is 1. The van der Waals surface area contributed by atoms with Crippen molar-refractivity contribution in [3.05, 3.63) is 95.8 Å². The second-order valence-corrected chi connectivity index (χ2v) is 9.69. The van der Waals surface area contributed by atoms with Crippen molar-refractivity contribution in [3.63, 3.8) is 0 Å². The highest BCUT2D eigenvalue weighted by Gasteiger charge is 2.37. The second kappa shape index (κ2) is 10.2. The first kappa shape index (κ1) is 24.9. The maximum atomic E-state index is 13.4. The van der Waals surface area contributed by atoms with E-state index >= 15 is 0 Å². The van der Waals surface area contributed by atoms with Gasteiger partial charge in [0, 0.05) is 11.8 Å². The molecule has 0 aromatic heterocycles. The van der Waals surface area contributed by atoms with Crippen LogP contribution in [-0.4, -0.2) is 23.8 Å². The van der Waals surface area contributed by atoms with Crippen LogP contribution in [0, 0.1) is 5.82 Å². The lowest BCUT2D eigenvalue weighted by Crippen LogP contribution is -2.52. The number of para-hydroxylation sites is 2. The Bertz CT molecular complexity index is 1310. The monoisotopic (exact) mass is 485 g/mol. The third-order valence-corrected chi connectivity index (χ3v) is 5.98. The quantitative estimate of drug-likeness (QED) is 0.467. The lowest BCUT2D eigenvalue weighted by Gasteiger charge is -2.35. The molecule has 3 amide bonds. The Labute approximate surface area is 209 Å². The minimum Gasteiger partial charge on any atom is -0.326 e. The first-order valence-electron chi connectivity index (χ1n) is 11.7. The Kier molecular flexibility index (Phi) is 7.01. The summed E-state index contributed by atoms with van der Waals surface area (Å²) in [4.78, 5) is 40.4. The molecule has 0 spiro atoms. The van der Waals surface area contributed by atoms with Crippen LogP contribution in [0.5, 0.6) is 0 Å². The van der Waals surface area contributed by atoms with Gasteiger partial charge in [-0.15, -0.1) is 0 Å². The molecule has 2 N–H and O–H groups in total.